The molecule has 0 unspecified atom stereocenters. The largest absolute Gasteiger partial charge is 0.468 e. The van der Waals surface area contributed by atoms with Crippen LogP contribution in [0.3, 0.4) is 0 Å². The van der Waals surface area contributed by atoms with E-state index in [4.69, 9.17) is 0 Å². The van der Waals surface area contributed by atoms with Crippen LogP contribution < -0.4 is 4.90 Å². The summed E-state index contributed by atoms with van der Waals surface area (Å²) in [7, 11) is 2.83. The second-order valence-electron chi connectivity index (χ2n) is 3.05. The van der Waals surface area contributed by atoms with Crippen LogP contribution >= 0.6 is 0 Å². The number of carbonyl (C=O) groups excluding carboxylic acids is 1. The molecule has 7 nitrogen and oxygen atoms in total. The number of nitrogens with zero attached hydrogens (tertiary/aromatic N) is 3. The van der Waals surface area contributed by atoms with Crippen LogP contribution in [-0.4, -0.2) is 36.6 Å². The van der Waals surface area contributed by atoms with Crippen molar-refractivity contribution in [3.63, 3.8) is 0 Å². The Balaban J connectivity index is 2.94. The fourth-order valence-electron chi connectivity index (χ4n) is 1.19. The summed E-state index contributed by atoms with van der Waals surface area (Å²) in [4.78, 5) is 26.3. The summed E-state index contributed by atoms with van der Waals surface area (Å²) in [6.45, 7) is -0.0542. The van der Waals surface area contributed by atoms with Crippen LogP contribution in [0, 0.1) is 10.1 Å². The summed E-state index contributed by atoms with van der Waals surface area (Å²) in [5, 5.41) is 10.7. The second kappa shape index (κ2) is 5.06. The topological polar surface area (TPSA) is 85.6 Å². The average Bonchev–Trinajstić information content (AvgIpc) is 2.28. The van der Waals surface area contributed by atoms with Gasteiger partial charge in [0.25, 0.3) is 0 Å². The molecule has 0 N–H and O–H groups in total. The summed E-state index contributed by atoms with van der Waals surface area (Å²) in [5.74, 6) is -0.464. The van der Waals surface area contributed by atoms with Gasteiger partial charge in [-0.15, -0.1) is 0 Å². The van der Waals surface area contributed by atoms with Crippen molar-refractivity contribution in [2.24, 2.45) is 0 Å². The lowest BCUT2D eigenvalue weighted by Gasteiger charge is -2.16. The third-order valence-corrected chi connectivity index (χ3v) is 1.98. The number of carbonyl (C=O) groups is 1. The third kappa shape index (κ3) is 2.66. The van der Waals surface area contributed by atoms with Crippen molar-refractivity contribution in [1.29, 1.82) is 0 Å². The molecule has 0 saturated heterocycles. The Bertz CT molecular complexity index is 407. The van der Waals surface area contributed by atoms with Gasteiger partial charge in [0.2, 0.25) is 0 Å². The fourth-order valence-corrected chi connectivity index (χ4v) is 1.19. The van der Waals surface area contributed by atoms with Crippen LogP contribution in [0.1, 0.15) is 0 Å². The van der Waals surface area contributed by atoms with Crippen LogP contribution in [-0.2, 0) is 9.53 Å². The molecule has 0 bridgehead atoms. The zero-order valence-electron chi connectivity index (χ0n) is 8.91. The Hall–Kier alpha value is -2.18. The molecule has 0 saturated carbocycles. The van der Waals surface area contributed by atoms with Gasteiger partial charge in [0, 0.05) is 13.2 Å². The molecule has 0 radical (unpaired) electrons. The molecule has 16 heavy (non-hydrogen) atoms. The highest BCUT2D eigenvalue weighted by Crippen LogP contribution is 2.24. The fraction of sp³-hybridized carbons (Fsp3) is 0.333. The summed E-state index contributed by atoms with van der Waals surface area (Å²) < 4.78 is 4.48. The third-order valence-electron chi connectivity index (χ3n) is 1.98. The lowest BCUT2D eigenvalue weighted by atomic mass is 10.3. The van der Waals surface area contributed by atoms with E-state index in [0.29, 0.717) is 5.69 Å². The maximum atomic E-state index is 11.0. The number of likely N-dealkylation sites (N-methyl/N-ethyl adjacent to an activating group) is 1. The van der Waals surface area contributed by atoms with Gasteiger partial charge in [-0.05, 0) is 6.07 Å². The van der Waals surface area contributed by atoms with Gasteiger partial charge in [-0.2, -0.15) is 0 Å². The minimum absolute atomic E-state index is 0.0542. The molecule has 7 heteroatoms. The first-order valence-corrected chi connectivity index (χ1v) is 4.42. The molecule has 0 aliphatic heterocycles. The van der Waals surface area contributed by atoms with Crippen LogP contribution in [0.25, 0.3) is 0 Å². The molecule has 1 aromatic heterocycles. The van der Waals surface area contributed by atoms with Gasteiger partial charge in [0.1, 0.15) is 18.4 Å². The summed E-state index contributed by atoms with van der Waals surface area (Å²) in [5.41, 5.74) is 0.180. The van der Waals surface area contributed by atoms with Gasteiger partial charge in [0.05, 0.1) is 12.0 Å². The Kier molecular flexibility index (Phi) is 3.76. The zero-order chi connectivity index (χ0) is 12.1. The lowest BCUT2D eigenvalue weighted by Crippen LogP contribution is -2.26. The predicted octanol–water partition coefficient (Wildman–Crippen LogP) is 0.599. The van der Waals surface area contributed by atoms with Crippen molar-refractivity contribution in [2.75, 3.05) is 25.6 Å². The van der Waals surface area contributed by atoms with Gasteiger partial charge < -0.3 is 9.64 Å². The van der Waals surface area contributed by atoms with Gasteiger partial charge in [0.15, 0.2) is 0 Å². The van der Waals surface area contributed by atoms with Crippen LogP contribution in [0.5, 0.6) is 0 Å². The number of ether oxygens (including phenoxy) is 1. The summed E-state index contributed by atoms with van der Waals surface area (Å²) in [6.07, 6.45) is 2.57. The van der Waals surface area contributed by atoms with E-state index in [9.17, 15) is 14.9 Å². The van der Waals surface area contributed by atoms with Crippen molar-refractivity contribution < 1.29 is 14.5 Å². The number of esters is 1. The maximum absolute atomic E-state index is 11.0. The first-order valence-electron chi connectivity index (χ1n) is 4.42. The molecule has 86 valence electrons. The predicted molar refractivity (Wildman–Crippen MR) is 56.2 cm³/mol. The maximum Gasteiger partial charge on any atom is 0.325 e. The number of methoxy groups -OCH3 is 1. The quantitative estimate of drug-likeness (QED) is 0.423. The number of pyridine rings is 1. The van der Waals surface area contributed by atoms with Crippen molar-refractivity contribution in [2.45, 2.75) is 0 Å². The van der Waals surface area contributed by atoms with Gasteiger partial charge in [-0.3, -0.25) is 19.9 Å². The van der Waals surface area contributed by atoms with Crippen LogP contribution in [0.15, 0.2) is 18.5 Å². The van der Waals surface area contributed by atoms with E-state index in [1.807, 2.05) is 0 Å². The highest BCUT2D eigenvalue weighted by Gasteiger charge is 2.18. The number of hydrogen-bond acceptors (Lipinski definition) is 6. The molecule has 1 heterocycles. The Labute approximate surface area is 91.8 Å². The lowest BCUT2D eigenvalue weighted by molar-refractivity contribution is -0.384. The highest BCUT2D eigenvalue weighted by atomic mass is 16.6. The van der Waals surface area contributed by atoms with E-state index in [1.54, 1.807) is 7.05 Å². The van der Waals surface area contributed by atoms with Gasteiger partial charge in [-0.25, -0.2) is 0 Å². The second-order valence-corrected chi connectivity index (χ2v) is 3.05. The summed E-state index contributed by atoms with van der Waals surface area (Å²) >= 11 is 0. The molecule has 0 aromatic carbocycles. The van der Waals surface area contributed by atoms with E-state index < -0.39 is 10.9 Å². The van der Waals surface area contributed by atoms with E-state index in [-0.39, 0.29) is 12.2 Å². The minimum atomic E-state index is -0.546. The number of nitro groups is 1. The van der Waals surface area contributed by atoms with E-state index >= 15 is 0 Å². The highest BCUT2D eigenvalue weighted by molar-refractivity contribution is 5.77. The van der Waals surface area contributed by atoms with Crippen molar-refractivity contribution in [1.82, 2.24) is 4.98 Å². The molecule has 0 amide bonds. The SMILES string of the molecule is COC(=O)CN(C)c1ccncc1[N+](=O)[O-]. The molecule has 0 atom stereocenters. The molecule has 1 rings (SSSR count). The first kappa shape index (κ1) is 11.9. The van der Waals surface area contributed by atoms with E-state index in [2.05, 4.69) is 9.72 Å². The Morgan fingerprint density at radius 2 is 2.38 bits per heavy atom. The summed E-state index contributed by atoms with van der Waals surface area (Å²) in [6, 6.07) is 1.47. The Morgan fingerprint density at radius 3 is 2.94 bits per heavy atom. The molecule has 0 aliphatic carbocycles. The average molecular weight is 225 g/mol. The zero-order valence-corrected chi connectivity index (χ0v) is 8.91. The first-order chi connectivity index (χ1) is 7.56. The monoisotopic (exact) mass is 225 g/mol. The van der Waals surface area contributed by atoms with E-state index in [1.165, 1.54) is 24.3 Å². The Morgan fingerprint density at radius 1 is 1.69 bits per heavy atom. The minimum Gasteiger partial charge on any atom is -0.468 e. The smallest absolute Gasteiger partial charge is 0.325 e. The standard InChI is InChI=1S/C9H11N3O4/c1-11(6-9(13)16-2)7-3-4-10-5-8(7)12(14)15/h3-5H,6H2,1-2H3. The normalized spacial score (nSPS) is 9.62. The number of aromatic nitrogens is 1. The molecular formula is C9H11N3O4. The van der Waals surface area contributed by atoms with Gasteiger partial charge in [-0.1, -0.05) is 0 Å². The molecule has 1 aromatic rings. The van der Waals surface area contributed by atoms with Gasteiger partial charge >= 0.3 is 11.7 Å². The number of anilines is 1. The molecular weight excluding hydrogens is 214 g/mol. The number of hydrogen-bond donors (Lipinski definition) is 0. The van der Waals surface area contributed by atoms with Crippen LogP contribution in [0.2, 0.25) is 0 Å². The molecule has 0 fully saturated rings. The van der Waals surface area contributed by atoms with Crippen LogP contribution in [0.4, 0.5) is 11.4 Å². The molecule has 0 spiro atoms. The van der Waals surface area contributed by atoms with E-state index in [0.717, 1.165) is 6.20 Å². The van der Waals surface area contributed by atoms with Crippen molar-refractivity contribution in [3.05, 3.63) is 28.6 Å². The van der Waals surface area contributed by atoms with Crippen molar-refractivity contribution >= 4 is 17.3 Å². The van der Waals surface area contributed by atoms with Crippen molar-refractivity contribution in [3.8, 4) is 0 Å². The molecule has 0 aliphatic rings. The number of rotatable bonds is 4.